The molecule has 102 valence electrons. The molecule has 0 unspecified atom stereocenters. The number of hydrogen-bond acceptors (Lipinski definition) is 4. The number of carbonyl (C=O) groups excluding carboxylic acids is 1. The fourth-order valence-corrected chi connectivity index (χ4v) is 2.07. The van der Waals surface area contributed by atoms with E-state index in [1.54, 1.807) is 6.08 Å². The lowest BCUT2D eigenvalue weighted by Gasteiger charge is -2.20. The van der Waals surface area contributed by atoms with Gasteiger partial charge in [-0.05, 0) is 32.8 Å². The molecule has 5 heteroatoms. The summed E-state index contributed by atoms with van der Waals surface area (Å²) in [7, 11) is 1.45. The average molecular weight is 265 g/mol. The van der Waals surface area contributed by atoms with Crippen molar-refractivity contribution in [1.82, 2.24) is 0 Å². The molecule has 19 heavy (non-hydrogen) atoms. The Labute approximate surface area is 111 Å². The molecule has 1 aliphatic carbocycles. The first-order chi connectivity index (χ1) is 9.02. The highest BCUT2D eigenvalue weighted by atomic mass is 19.1. The molecule has 0 aliphatic heterocycles. The van der Waals surface area contributed by atoms with Crippen LogP contribution in [-0.4, -0.2) is 19.3 Å². The first-order valence-electron chi connectivity index (χ1n) is 6.16. The smallest absolute Gasteiger partial charge is 0.235 e. The maximum Gasteiger partial charge on any atom is 0.235 e. The van der Waals surface area contributed by atoms with Gasteiger partial charge in [0.1, 0.15) is 11.4 Å². The van der Waals surface area contributed by atoms with Crippen molar-refractivity contribution in [3.8, 4) is 11.5 Å². The maximum absolute atomic E-state index is 13.7. The van der Waals surface area contributed by atoms with Crippen molar-refractivity contribution in [3.05, 3.63) is 23.5 Å². The Morgan fingerprint density at radius 1 is 1.42 bits per heavy atom. The molecule has 1 aromatic carbocycles. The van der Waals surface area contributed by atoms with E-state index in [-0.39, 0.29) is 6.10 Å². The SMILES string of the molecule is COc1cc(F)cc(C2(N=C=O)CC2)c1OC(C)C. The van der Waals surface area contributed by atoms with Crippen molar-refractivity contribution in [1.29, 1.82) is 0 Å². The van der Waals surface area contributed by atoms with E-state index >= 15 is 0 Å². The summed E-state index contributed by atoms with van der Waals surface area (Å²) in [5.41, 5.74) is -0.136. The van der Waals surface area contributed by atoms with Gasteiger partial charge in [0.05, 0.1) is 13.2 Å². The second-order valence-corrected chi connectivity index (χ2v) is 4.89. The molecular formula is C14H16FNO3. The Hall–Kier alpha value is -1.87. The summed E-state index contributed by atoms with van der Waals surface area (Å²) < 4.78 is 24.5. The standard InChI is InChI=1S/C14H16FNO3/c1-9(2)19-13-11(14(4-5-14)16-8-17)6-10(15)7-12(13)18-3/h6-7,9H,4-5H2,1-3H3. The Morgan fingerprint density at radius 3 is 2.58 bits per heavy atom. The van der Waals surface area contributed by atoms with Gasteiger partial charge in [0.25, 0.3) is 0 Å². The minimum atomic E-state index is -0.693. The van der Waals surface area contributed by atoms with Crippen LogP contribution in [0.15, 0.2) is 17.1 Å². The topological polar surface area (TPSA) is 47.9 Å². The van der Waals surface area contributed by atoms with Crippen LogP contribution in [0.2, 0.25) is 0 Å². The fraction of sp³-hybridized carbons (Fsp3) is 0.500. The largest absolute Gasteiger partial charge is 0.493 e. The minimum Gasteiger partial charge on any atom is -0.493 e. The maximum atomic E-state index is 13.7. The van der Waals surface area contributed by atoms with Crippen molar-refractivity contribution in [2.75, 3.05) is 7.11 Å². The molecule has 0 atom stereocenters. The van der Waals surface area contributed by atoms with Crippen LogP contribution in [0.5, 0.6) is 11.5 Å². The molecule has 0 bridgehead atoms. The van der Waals surface area contributed by atoms with Crippen molar-refractivity contribution >= 4 is 6.08 Å². The van der Waals surface area contributed by atoms with E-state index in [0.717, 1.165) is 0 Å². The predicted molar refractivity (Wildman–Crippen MR) is 67.7 cm³/mol. The Balaban J connectivity index is 2.57. The highest BCUT2D eigenvalue weighted by Gasteiger charge is 2.48. The Morgan fingerprint density at radius 2 is 2.11 bits per heavy atom. The van der Waals surface area contributed by atoms with Crippen molar-refractivity contribution < 1.29 is 18.7 Å². The molecule has 0 saturated heterocycles. The van der Waals surface area contributed by atoms with Crippen molar-refractivity contribution in [2.45, 2.75) is 38.3 Å². The third-order valence-corrected chi connectivity index (χ3v) is 3.08. The summed E-state index contributed by atoms with van der Waals surface area (Å²) in [5, 5.41) is 0. The van der Waals surface area contributed by atoms with Gasteiger partial charge in [-0.1, -0.05) is 0 Å². The third-order valence-electron chi connectivity index (χ3n) is 3.08. The van der Waals surface area contributed by atoms with Crippen LogP contribution in [0.4, 0.5) is 4.39 Å². The lowest BCUT2D eigenvalue weighted by Crippen LogP contribution is -2.13. The van der Waals surface area contributed by atoms with Crippen LogP contribution < -0.4 is 9.47 Å². The van der Waals surface area contributed by atoms with Crippen molar-refractivity contribution in [2.24, 2.45) is 4.99 Å². The first kappa shape index (κ1) is 13.6. The normalized spacial score (nSPS) is 15.8. The highest BCUT2D eigenvalue weighted by molar-refractivity contribution is 5.54. The molecular weight excluding hydrogens is 249 g/mol. The van der Waals surface area contributed by atoms with Crippen molar-refractivity contribution in [3.63, 3.8) is 0 Å². The number of rotatable bonds is 5. The molecule has 2 rings (SSSR count). The molecule has 0 spiro atoms. The molecule has 0 heterocycles. The monoisotopic (exact) mass is 265 g/mol. The lowest BCUT2D eigenvalue weighted by atomic mass is 10.0. The Bertz CT molecular complexity index is 532. The quantitative estimate of drug-likeness (QED) is 0.607. The van der Waals surface area contributed by atoms with E-state index in [1.807, 2.05) is 13.8 Å². The average Bonchev–Trinajstić information content (AvgIpc) is 3.11. The first-order valence-corrected chi connectivity index (χ1v) is 6.16. The molecule has 0 amide bonds. The van der Waals surface area contributed by atoms with Gasteiger partial charge >= 0.3 is 0 Å². The zero-order chi connectivity index (χ0) is 14.0. The Kier molecular flexibility index (Phi) is 3.58. The van der Waals surface area contributed by atoms with Crippen LogP contribution in [0.25, 0.3) is 0 Å². The predicted octanol–water partition coefficient (Wildman–Crippen LogP) is 2.95. The number of ether oxygens (including phenoxy) is 2. The summed E-state index contributed by atoms with van der Waals surface area (Å²) in [6, 6.07) is 2.62. The van der Waals surface area contributed by atoms with Crippen LogP contribution in [0.1, 0.15) is 32.3 Å². The molecule has 1 saturated carbocycles. The van der Waals surface area contributed by atoms with Gasteiger partial charge in [0.2, 0.25) is 6.08 Å². The van der Waals surface area contributed by atoms with Gasteiger partial charge in [-0.3, -0.25) is 0 Å². The zero-order valence-electron chi connectivity index (χ0n) is 11.2. The van der Waals surface area contributed by atoms with E-state index in [4.69, 9.17) is 9.47 Å². The highest BCUT2D eigenvalue weighted by Crippen LogP contribution is 2.54. The molecule has 1 aromatic rings. The van der Waals surface area contributed by atoms with Gasteiger partial charge in [-0.25, -0.2) is 9.18 Å². The molecule has 0 aromatic heterocycles. The molecule has 1 aliphatic rings. The molecule has 4 nitrogen and oxygen atoms in total. The molecule has 0 radical (unpaired) electrons. The number of halogens is 1. The van der Waals surface area contributed by atoms with Crippen LogP contribution >= 0.6 is 0 Å². The second-order valence-electron chi connectivity index (χ2n) is 4.89. The number of aliphatic imine (C=N–C) groups is 1. The number of isocyanates is 1. The number of benzene rings is 1. The summed E-state index contributed by atoms with van der Waals surface area (Å²) >= 11 is 0. The van der Waals surface area contributed by atoms with Gasteiger partial charge in [-0.2, -0.15) is 4.99 Å². The minimum absolute atomic E-state index is 0.0888. The molecule has 0 N–H and O–H groups in total. The van der Waals surface area contributed by atoms with Gasteiger partial charge in [0, 0.05) is 11.6 Å². The van der Waals surface area contributed by atoms with E-state index in [1.165, 1.54) is 19.2 Å². The van der Waals surface area contributed by atoms with E-state index in [0.29, 0.717) is 29.9 Å². The van der Waals surface area contributed by atoms with Crippen LogP contribution in [0, 0.1) is 5.82 Å². The fourth-order valence-electron chi connectivity index (χ4n) is 2.07. The summed E-state index contributed by atoms with van der Waals surface area (Å²) in [6.07, 6.45) is 2.84. The van der Waals surface area contributed by atoms with E-state index < -0.39 is 11.4 Å². The third kappa shape index (κ3) is 2.61. The van der Waals surface area contributed by atoms with Gasteiger partial charge in [0.15, 0.2) is 11.5 Å². The second kappa shape index (κ2) is 5.02. The van der Waals surface area contributed by atoms with Crippen LogP contribution in [0.3, 0.4) is 0 Å². The number of nitrogens with zero attached hydrogens (tertiary/aromatic N) is 1. The lowest BCUT2D eigenvalue weighted by molar-refractivity contribution is 0.225. The van der Waals surface area contributed by atoms with Crippen LogP contribution in [-0.2, 0) is 10.3 Å². The zero-order valence-corrected chi connectivity index (χ0v) is 11.2. The van der Waals surface area contributed by atoms with E-state index in [2.05, 4.69) is 4.99 Å². The summed E-state index contributed by atoms with van der Waals surface area (Å²) in [6.45, 7) is 3.74. The summed E-state index contributed by atoms with van der Waals surface area (Å²) in [4.78, 5) is 14.4. The van der Waals surface area contributed by atoms with Gasteiger partial charge < -0.3 is 9.47 Å². The number of hydrogen-bond donors (Lipinski definition) is 0. The van der Waals surface area contributed by atoms with E-state index in [9.17, 15) is 9.18 Å². The number of methoxy groups -OCH3 is 1. The molecule has 1 fully saturated rings. The summed E-state index contributed by atoms with van der Waals surface area (Å²) in [5.74, 6) is 0.335. The van der Waals surface area contributed by atoms with Gasteiger partial charge in [-0.15, -0.1) is 0 Å².